The van der Waals surface area contributed by atoms with Crippen molar-refractivity contribution in [2.45, 2.75) is 20.0 Å². The second-order valence-electron chi connectivity index (χ2n) is 8.55. The molecule has 0 unspecified atom stereocenters. The maximum absolute atomic E-state index is 4.58. The van der Waals surface area contributed by atoms with E-state index in [4.69, 9.17) is 0 Å². The van der Waals surface area contributed by atoms with Crippen molar-refractivity contribution in [3.63, 3.8) is 0 Å². The number of pyridine rings is 1. The van der Waals surface area contributed by atoms with Gasteiger partial charge < -0.3 is 10.6 Å². The number of hydrogen-bond acceptors (Lipinski definition) is 5. The van der Waals surface area contributed by atoms with E-state index in [0.717, 1.165) is 60.7 Å². The second kappa shape index (κ2) is 9.98. The predicted octanol–water partition coefficient (Wildman–Crippen LogP) is 4.45. The highest BCUT2D eigenvalue weighted by Crippen LogP contribution is 2.28. The van der Waals surface area contributed by atoms with Crippen LogP contribution in [0, 0.1) is 6.92 Å². The molecule has 1 fully saturated rings. The SMILES string of the molecule is Cc1c(NCc2ccccn2)ccc2[nH]nc(/C=C/c3cccc(CN4CCNCC4)c3)c12. The van der Waals surface area contributed by atoms with Gasteiger partial charge in [0.2, 0.25) is 0 Å². The van der Waals surface area contributed by atoms with Crippen LogP contribution < -0.4 is 10.6 Å². The lowest BCUT2D eigenvalue weighted by Gasteiger charge is -2.27. The van der Waals surface area contributed by atoms with E-state index in [-0.39, 0.29) is 0 Å². The fourth-order valence-corrected chi connectivity index (χ4v) is 4.41. The molecule has 2 aromatic heterocycles. The zero-order chi connectivity index (χ0) is 22.5. The van der Waals surface area contributed by atoms with Gasteiger partial charge in [-0.05, 0) is 54.0 Å². The van der Waals surface area contributed by atoms with Crippen molar-refractivity contribution in [3.05, 3.63) is 88.9 Å². The average Bonchev–Trinajstić information content (AvgIpc) is 3.28. The Morgan fingerprint density at radius 3 is 2.79 bits per heavy atom. The minimum Gasteiger partial charge on any atom is -0.379 e. The molecule has 6 heteroatoms. The van der Waals surface area contributed by atoms with E-state index in [0.29, 0.717) is 6.54 Å². The molecule has 168 valence electrons. The molecule has 0 radical (unpaired) electrons. The van der Waals surface area contributed by atoms with E-state index in [1.165, 1.54) is 16.7 Å². The number of piperazine rings is 1. The summed E-state index contributed by atoms with van der Waals surface area (Å²) in [5.74, 6) is 0. The minimum atomic E-state index is 0.691. The van der Waals surface area contributed by atoms with Gasteiger partial charge in [0, 0.05) is 50.0 Å². The van der Waals surface area contributed by atoms with Gasteiger partial charge in [-0.2, -0.15) is 5.10 Å². The molecular formula is C27H30N6. The molecule has 1 aliphatic heterocycles. The number of nitrogens with zero attached hydrogens (tertiary/aromatic N) is 3. The first-order valence-corrected chi connectivity index (χ1v) is 11.6. The number of benzene rings is 2. The van der Waals surface area contributed by atoms with Crippen molar-refractivity contribution in [1.29, 1.82) is 0 Å². The molecule has 3 heterocycles. The van der Waals surface area contributed by atoms with E-state index in [9.17, 15) is 0 Å². The molecule has 0 aliphatic carbocycles. The third-order valence-corrected chi connectivity index (χ3v) is 6.20. The monoisotopic (exact) mass is 438 g/mol. The highest BCUT2D eigenvalue weighted by Gasteiger charge is 2.11. The maximum atomic E-state index is 4.58. The standard InChI is InChI=1S/C27H30N6/c1-20-24(30-18-23-7-2-3-12-29-23)10-11-26-27(20)25(31-32-26)9-8-21-5-4-6-22(17-21)19-33-15-13-28-14-16-33/h2-12,17,28,30H,13-16,18-19H2,1H3,(H,31,32)/b9-8+. The summed E-state index contributed by atoms with van der Waals surface area (Å²) in [7, 11) is 0. The number of aryl methyl sites for hydroxylation is 1. The summed E-state index contributed by atoms with van der Waals surface area (Å²) in [4.78, 5) is 6.91. The van der Waals surface area contributed by atoms with Gasteiger partial charge >= 0.3 is 0 Å². The average molecular weight is 439 g/mol. The number of nitrogens with one attached hydrogen (secondary N) is 3. The Morgan fingerprint density at radius 1 is 1.03 bits per heavy atom. The van der Waals surface area contributed by atoms with Crippen LogP contribution in [0.4, 0.5) is 5.69 Å². The number of fused-ring (bicyclic) bond motifs is 1. The lowest BCUT2D eigenvalue weighted by atomic mass is 10.0. The van der Waals surface area contributed by atoms with Gasteiger partial charge in [-0.3, -0.25) is 15.0 Å². The molecule has 5 rings (SSSR count). The first kappa shape index (κ1) is 21.4. The third-order valence-electron chi connectivity index (χ3n) is 6.20. The van der Waals surface area contributed by atoms with Gasteiger partial charge in [0.05, 0.1) is 23.4 Å². The van der Waals surface area contributed by atoms with Crippen molar-refractivity contribution >= 4 is 28.7 Å². The topological polar surface area (TPSA) is 68.9 Å². The van der Waals surface area contributed by atoms with Crippen molar-refractivity contribution in [2.24, 2.45) is 0 Å². The smallest absolute Gasteiger partial charge is 0.0930 e. The Hall–Kier alpha value is -3.48. The Balaban J connectivity index is 1.34. The number of H-pyrrole nitrogens is 1. The van der Waals surface area contributed by atoms with Gasteiger partial charge in [0.25, 0.3) is 0 Å². The molecule has 0 bridgehead atoms. The van der Waals surface area contributed by atoms with Crippen LogP contribution in [0.3, 0.4) is 0 Å². The maximum Gasteiger partial charge on any atom is 0.0930 e. The lowest BCUT2D eigenvalue weighted by Crippen LogP contribution is -2.42. The van der Waals surface area contributed by atoms with Crippen LogP contribution in [0.15, 0.2) is 60.8 Å². The minimum absolute atomic E-state index is 0.691. The third kappa shape index (κ3) is 5.13. The van der Waals surface area contributed by atoms with Crippen molar-refractivity contribution in [1.82, 2.24) is 25.4 Å². The number of hydrogen-bond donors (Lipinski definition) is 3. The first-order chi connectivity index (χ1) is 16.3. The molecule has 0 spiro atoms. The molecule has 0 saturated carbocycles. The first-order valence-electron chi connectivity index (χ1n) is 11.6. The number of rotatable bonds is 7. The van der Waals surface area contributed by atoms with Crippen LogP contribution in [0.5, 0.6) is 0 Å². The Kier molecular flexibility index (Phi) is 6.46. The summed E-state index contributed by atoms with van der Waals surface area (Å²) in [5.41, 5.74) is 7.85. The normalized spacial score (nSPS) is 14.8. The fraction of sp³-hybridized carbons (Fsp3) is 0.259. The molecular weight excluding hydrogens is 408 g/mol. The molecule has 0 atom stereocenters. The van der Waals surface area contributed by atoms with E-state index in [1.807, 2.05) is 24.4 Å². The van der Waals surface area contributed by atoms with Gasteiger partial charge in [-0.25, -0.2) is 0 Å². The zero-order valence-corrected chi connectivity index (χ0v) is 19.0. The van der Waals surface area contributed by atoms with Crippen LogP contribution in [-0.4, -0.2) is 46.3 Å². The lowest BCUT2D eigenvalue weighted by molar-refractivity contribution is 0.233. The summed E-state index contributed by atoms with van der Waals surface area (Å²) < 4.78 is 0. The van der Waals surface area contributed by atoms with E-state index < -0.39 is 0 Å². The second-order valence-corrected chi connectivity index (χ2v) is 8.55. The molecule has 1 aliphatic rings. The van der Waals surface area contributed by atoms with Crippen LogP contribution in [0.1, 0.15) is 28.1 Å². The molecule has 1 saturated heterocycles. The summed E-state index contributed by atoms with van der Waals surface area (Å²) >= 11 is 0. The van der Waals surface area contributed by atoms with Gasteiger partial charge in [0.15, 0.2) is 0 Å². The van der Waals surface area contributed by atoms with E-state index >= 15 is 0 Å². The fourth-order valence-electron chi connectivity index (χ4n) is 4.41. The van der Waals surface area contributed by atoms with Crippen molar-refractivity contribution in [2.75, 3.05) is 31.5 Å². The van der Waals surface area contributed by atoms with Crippen LogP contribution in [0.25, 0.3) is 23.1 Å². The number of aromatic nitrogens is 3. The van der Waals surface area contributed by atoms with Gasteiger partial charge in [-0.15, -0.1) is 0 Å². The summed E-state index contributed by atoms with van der Waals surface area (Å²) in [5, 5.41) is 15.8. The molecule has 2 aromatic carbocycles. The Bertz CT molecular complexity index is 1240. The van der Waals surface area contributed by atoms with Crippen molar-refractivity contribution in [3.8, 4) is 0 Å². The number of anilines is 1. The van der Waals surface area contributed by atoms with Crippen LogP contribution in [0.2, 0.25) is 0 Å². The highest BCUT2D eigenvalue weighted by atomic mass is 15.2. The molecule has 6 nitrogen and oxygen atoms in total. The zero-order valence-electron chi connectivity index (χ0n) is 19.0. The predicted molar refractivity (Wildman–Crippen MR) is 136 cm³/mol. The number of aromatic amines is 1. The van der Waals surface area contributed by atoms with Gasteiger partial charge in [-0.1, -0.05) is 36.4 Å². The van der Waals surface area contributed by atoms with Gasteiger partial charge in [0.1, 0.15) is 0 Å². The molecule has 4 aromatic rings. The van der Waals surface area contributed by atoms with E-state index in [1.54, 1.807) is 0 Å². The summed E-state index contributed by atoms with van der Waals surface area (Å²) in [6.45, 7) is 8.19. The summed E-state index contributed by atoms with van der Waals surface area (Å²) in [6.07, 6.45) is 6.09. The Labute approximate surface area is 194 Å². The molecule has 0 amide bonds. The quantitative estimate of drug-likeness (QED) is 0.398. The molecule has 33 heavy (non-hydrogen) atoms. The largest absolute Gasteiger partial charge is 0.379 e. The van der Waals surface area contributed by atoms with E-state index in [2.05, 4.69) is 86.2 Å². The van der Waals surface area contributed by atoms with Crippen molar-refractivity contribution < 1.29 is 0 Å². The Morgan fingerprint density at radius 2 is 1.94 bits per heavy atom. The molecule has 3 N–H and O–H groups in total. The van der Waals surface area contributed by atoms with Crippen LogP contribution >= 0.6 is 0 Å². The summed E-state index contributed by atoms with van der Waals surface area (Å²) in [6, 6.07) is 19.0. The van der Waals surface area contributed by atoms with Crippen LogP contribution in [-0.2, 0) is 13.1 Å². The highest BCUT2D eigenvalue weighted by molar-refractivity contribution is 5.94.